The van der Waals surface area contributed by atoms with Crippen LogP contribution >= 0.6 is 0 Å². The Morgan fingerprint density at radius 1 is 1.10 bits per heavy atom. The molecule has 0 unspecified atom stereocenters. The molecule has 154 valence electrons. The van der Waals surface area contributed by atoms with Gasteiger partial charge < -0.3 is 14.1 Å². The van der Waals surface area contributed by atoms with E-state index in [4.69, 9.17) is 9.15 Å². The summed E-state index contributed by atoms with van der Waals surface area (Å²) in [5, 5.41) is 1.18. The van der Waals surface area contributed by atoms with Crippen LogP contribution in [0.25, 0.3) is 11.0 Å². The highest BCUT2D eigenvalue weighted by Crippen LogP contribution is 2.24. The van der Waals surface area contributed by atoms with Crippen molar-refractivity contribution < 1.29 is 9.15 Å². The van der Waals surface area contributed by atoms with Gasteiger partial charge in [0.15, 0.2) is 0 Å². The summed E-state index contributed by atoms with van der Waals surface area (Å²) in [7, 11) is 1.78. The normalized spacial score (nSPS) is 16.1. The number of benzene rings is 1. The third kappa shape index (κ3) is 5.66. The molecule has 1 aliphatic rings. The number of likely N-dealkylation sites (tertiary alicyclic amines) is 1. The molecule has 29 heavy (non-hydrogen) atoms. The van der Waals surface area contributed by atoms with Gasteiger partial charge in [0.25, 0.3) is 0 Å². The van der Waals surface area contributed by atoms with Crippen LogP contribution < -0.4 is 0 Å². The highest BCUT2D eigenvalue weighted by Gasteiger charge is 2.22. The Morgan fingerprint density at radius 2 is 1.90 bits per heavy atom. The summed E-state index contributed by atoms with van der Waals surface area (Å²) in [5.41, 5.74) is 2.27. The Bertz CT molecular complexity index is 839. The molecule has 2 aromatic heterocycles. The number of nitrogens with zero attached hydrogens (tertiary/aromatic N) is 3. The molecule has 1 fully saturated rings. The third-order valence-electron chi connectivity index (χ3n) is 5.85. The van der Waals surface area contributed by atoms with Crippen molar-refractivity contribution in [3.05, 3.63) is 66.2 Å². The predicted octanol–water partition coefficient (Wildman–Crippen LogP) is 4.19. The number of hydrogen-bond acceptors (Lipinski definition) is 5. The molecule has 0 radical (unpaired) electrons. The molecular weight excluding hydrogens is 362 g/mol. The molecule has 1 saturated heterocycles. The number of piperidine rings is 1. The topological polar surface area (TPSA) is 41.7 Å². The minimum atomic E-state index is 0.722. The maximum atomic E-state index is 6.11. The number of hydrogen-bond donors (Lipinski definition) is 0. The SMILES string of the molecule is COCCN1CCC(CN(Cc2ccncc2)Cc2cc3ccccc3o2)CC1. The standard InChI is InChI=1S/C24H31N3O2/c1-28-15-14-26-12-8-21(9-13-26)18-27(17-20-6-10-25-11-7-20)19-23-16-22-4-2-3-5-24(22)29-23/h2-7,10-11,16,21H,8-9,12-15,17-19H2,1H3. The van der Waals surface area contributed by atoms with Crippen LogP contribution in [0.5, 0.6) is 0 Å². The van der Waals surface area contributed by atoms with Crippen molar-refractivity contribution >= 4 is 11.0 Å². The van der Waals surface area contributed by atoms with Crippen LogP contribution in [0.1, 0.15) is 24.2 Å². The van der Waals surface area contributed by atoms with Gasteiger partial charge in [0.2, 0.25) is 0 Å². The summed E-state index contributed by atoms with van der Waals surface area (Å²) < 4.78 is 11.3. The zero-order valence-corrected chi connectivity index (χ0v) is 17.3. The zero-order valence-electron chi connectivity index (χ0n) is 17.3. The zero-order chi connectivity index (χ0) is 19.9. The van der Waals surface area contributed by atoms with Crippen molar-refractivity contribution in [2.24, 2.45) is 5.92 Å². The van der Waals surface area contributed by atoms with Crippen LogP contribution in [0.2, 0.25) is 0 Å². The summed E-state index contributed by atoms with van der Waals surface area (Å²) in [6.07, 6.45) is 6.25. The second-order valence-electron chi connectivity index (χ2n) is 8.05. The largest absolute Gasteiger partial charge is 0.460 e. The lowest BCUT2D eigenvalue weighted by Crippen LogP contribution is -2.39. The van der Waals surface area contributed by atoms with Crippen LogP contribution in [0, 0.1) is 5.92 Å². The molecule has 1 aliphatic heterocycles. The van der Waals surface area contributed by atoms with Crippen molar-refractivity contribution in [3.8, 4) is 0 Å². The molecule has 0 bridgehead atoms. The van der Waals surface area contributed by atoms with Gasteiger partial charge in [0.1, 0.15) is 11.3 Å². The highest BCUT2D eigenvalue weighted by atomic mass is 16.5. The summed E-state index contributed by atoms with van der Waals surface area (Å²) in [4.78, 5) is 9.21. The van der Waals surface area contributed by atoms with E-state index in [2.05, 4.69) is 45.1 Å². The smallest absolute Gasteiger partial charge is 0.134 e. The van der Waals surface area contributed by atoms with E-state index in [1.165, 1.54) is 36.9 Å². The van der Waals surface area contributed by atoms with Crippen molar-refractivity contribution in [2.75, 3.05) is 39.9 Å². The summed E-state index contributed by atoms with van der Waals surface area (Å²) in [6.45, 7) is 7.05. The quantitative estimate of drug-likeness (QED) is 0.545. The lowest BCUT2D eigenvalue weighted by atomic mass is 9.96. The first-order valence-corrected chi connectivity index (χ1v) is 10.6. The van der Waals surface area contributed by atoms with Gasteiger partial charge in [0, 0.05) is 44.5 Å². The number of aromatic nitrogens is 1. The molecule has 0 saturated carbocycles. The Hall–Kier alpha value is -2.21. The van der Waals surface area contributed by atoms with Gasteiger partial charge in [0.05, 0.1) is 13.2 Å². The van der Waals surface area contributed by atoms with Crippen LogP contribution in [0.3, 0.4) is 0 Å². The van der Waals surface area contributed by atoms with Crippen molar-refractivity contribution in [1.82, 2.24) is 14.8 Å². The number of ether oxygens (including phenoxy) is 1. The van der Waals surface area contributed by atoms with Gasteiger partial charge in [-0.3, -0.25) is 9.88 Å². The fourth-order valence-corrected chi connectivity index (χ4v) is 4.24. The van der Waals surface area contributed by atoms with E-state index < -0.39 is 0 Å². The van der Waals surface area contributed by atoms with Crippen molar-refractivity contribution in [2.45, 2.75) is 25.9 Å². The molecule has 1 aromatic carbocycles. The van der Waals surface area contributed by atoms with Crippen molar-refractivity contribution in [1.29, 1.82) is 0 Å². The first-order valence-electron chi connectivity index (χ1n) is 10.6. The van der Waals surface area contributed by atoms with E-state index in [0.29, 0.717) is 0 Å². The maximum Gasteiger partial charge on any atom is 0.134 e. The molecule has 0 amide bonds. The fourth-order valence-electron chi connectivity index (χ4n) is 4.24. The van der Waals surface area contributed by atoms with Gasteiger partial charge in [-0.1, -0.05) is 18.2 Å². The molecule has 0 spiro atoms. The van der Waals surface area contributed by atoms with Gasteiger partial charge in [-0.2, -0.15) is 0 Å². The first kappa shape index (κ1) is 20.1. The minimum absolute atomic E-state index is 0.722. The Morgan fingerprint density at radius 3 is 2.66 bits per heavy atom. The summed E-state index contributed by atoms with van der Waals surface area (Å²) in [6, 6.07) is 14.7. The van der Waals surface area contributed by atoms with Crippen LogP contribution in [0.4, 0.5) is 0 Å². The van der Waals surface area contributed by atoms with E-state index in [1.807, 2.05) is 24.5 Å². The monoisotopic (exact) mass is 393 g/mol. The summed E-state index contributed by atoms with van der Waals surface area (Å²) >= 11 is 0. The van der Waals surface area contributed by atoms with E-state index in [0.717, 1.165) is 50.0 Å². The second kappa shape index (κ2) is 10.0. The Kier molecular flexibility index (Phi) is 6.93. The van der Waals surface area contributed by atoms with Crippen molar-refractivity contribution in [3.63, 3.8) is 0 Å². The molecule has 0 atom stereocenters. The first-order chi connectivity index (χ1) is 14.3. The average molecular weight is 394 g/mol. The predicted molar refractivity (Wildman–Crippen MR) is 116 cm³/mol. The molecule has 5 nitrogen and oxygen atoms in total. The molecular formula is C24H31N3O2. The minimum Gasteiger partial charge on any atom is -0.460 e. The molecule has 3 heterocycles. The fraction of sp³-hybridized carbons (Fsp3) is 0.458. The number of rotatable bonds is 9. The molecule has 3 aromatic rings. The van der Waals surface area contributed by atoms with E-state index in [-0.39, 0.29) is 0 Å². The Balaban J connectivity index is 1.41. The molecule has 0 N–H and O–H groups in total. The number of methoxy groups -OCH3 is 1. The average Bonchev–Trinajstić information content (AvgIpc) is 3.16. The number of para-hydroxylation sites is 1. The Labute approximate surface area is 173 Å². The van der Waals surface area contributed by atoms with Gasteiger partial charge in [-0.15, -0.1) is 0 Å². The van der Waals surface area contributed by atoms with Crippen LogP contribution in [-0.4, -0.2) is 54.7 Å². The maximum absolute atomic E-state index is 6.11. The van der Waals surface area contributed by atoms with Gasteiger partial charge >= 0.3 is 0 Å². The molecule has 5 heteroatoms. The second-order valence-corrected chi connectivity index (χ2v) is 8.05. The lowest BCUT2D eigenvalue weighted by Gasteiger charge is -2.34. The molecule has 0 aliphatic carbocycles. The number of fused-ring (bicyclic) bond motifs is 1. The molecule has 4 rings (SSSR count). The number of furan rings is 1. The van der Waals surface area contributed by atoms with Gasteiger partial charge in [-0.25, -0.2) is 0 Å². The van der Waals surface area contributed by atoms with E-state index in [9.17, 15) is 0 Å². The highest BCUT2D eigenvalue weighted by molar-refractivity contribution is 5.77. The lowest BCUT2D eigenvalue weighted by molar-refractivity contribution is 0.102. The van der Waals surface area contributed by atoms with Gasteiger partial charge in [-0.05, 0) is 61.7 Å². The summed E-state index contributed by atoms with van der Waals surface area (Å²) in [5.74, 6) is 1.76. The number of pyridine rings is 1. The van der Waals surface area contributed by atoms with Crippen LogP contribution in [-0.2, 0) is 17.8 Å². The van der Waals surface area contributed by atoms with Crippen LogP contribution in [0.15, 0.2) is 59.3 Å². The van der Waals surface area contributed by atoms with E-state index in [1.54, 1.807) is 7.11 Å². The van der Waals surface area contributed by atoms with E-state index >= 15 is 0 Å². The third-order valence-corrected chi connectivity index (χ3v) is 5.85.